The molecular formula is C8H12BrN3S. The van der Waals surface area contributed by atoms with Crippen molar-refractivity contribution in [2.75, 3.05) is 23.3 Å². The Morgan fingerprint density at radius 2 is 2.62 bits per heavy atom. The fraction of sp³-hybridized carbons (Fsp3) is 0.750. The van der Waals surface area contributed by atoms with Gasteiger partial charge in [0.1, 0.15) is 5.51 Å². The molecule has 1 unspecified atom stereocenters. The molecule has 1 saturated heterocycles. The third-order valence-electron chi connectivity index (χ3n) is 2.42. The molecule has 0 saturated carbocycles. The van der Waals surface area contributed by atoms with Gasteiger partial charge < -0.3 is 4.90 Å². The Balaban J connectivity index is 1.91. The lowest BCUT2D eigenvalue weighted by Crippen LogP contribution is -2.19. The second-order valence-electron chi connectivity index (χ2n) is 3.30. The molecule has 2 rings (SSSR count). The summed E-state index contributed by atoms with van der Waals surface area (Å²) in [4.78, 5) is 2.34. The van der Waals surface area contributed by atoms with Crippen LogP contribution in [0.2, 0.25) is 0 Å². The van der Waals surface area contributed by atoms with Crippen molar-refractivity contribution in [3.63, 3.8) is 0 Å². The van der Waals surface area contributed by atoms with Crippen LogP contribution in [0.15, 0.2) is 5.51 Å². The van der Waals surface area contributed by atoms with Crippen LogP contribution in [0.25, 0.3) is 0 Å². The molecular weight excluding hydrogens is 250 g/mol. The Kier molecular flexibility index (Phi) is 3.16. The van der Waals surface area contributed by atoms with E-state index < -0.39 is 0 Å². The monoisotopic (exact) mass is 261 g/mol. The van der Waals surface area contributed by atoms with Gasteiger partial charge in [-0.15, -0.1) is 10.2 Å². The Hall–Kier alpha value is -0.160. The summed E-state index contributed by atoms with van der Waals surface area (Å²) in [7, 11) is 0. The maximum Gasteiger partial charge on any atom is 0.208 e. The van der Waals surface area contributed by atoms with Crippen LogP contribution in [0.1, 0.15) is 12.8 Å². The molecule has 1 aromatic heterocycles. The van der Waals surface area contributed by atoms with E-state index in [4.69, 9.17) is 0 Å². The zero-order valence-corrected chi connectivity index (χ0v) is 9.72. The Bertz CT molecular complexity index is 252. The molecule has 0 radical (unpaired) electrons. The minimum absolute atomic E-state index is 0.836. The van der Waals surface area contributed by atoms with Crippen molar-refractivity contribution in [1.82, 2.24) is 10.2 Å². The molecule has 1 aromatic rings. The normalized spacial score (nSPS) is 22.5. The van der Waals surface area contributed by atoms with Gasteiger partial charge in [0, 0.05) is 18.4 Å². The van der Waals surface area contributed by atoms with Crippen LogP contribution in [0, 0.1) is 5.92 Å². The van der Waals surface area contributed by atoms with Crippen molar-refractivity contribution in [2.24, 2.45) is 5.92 Å². The minimum Gasteiger partial charge on any atom is -0.346 e. The quantitative estimate of drug-likeness (QED) is 0.781. The predicted octanol–water partition coefficient (Wildman–Crippen LogP) is 2.15. The van der Waals surface area contributed by atoms with E-state index >= 15 is 0 Å². The van der Waals surface area contributed by atoms with Crippen LogP contribution in [0.3, 0.4) is 0 Å². The van der Waals surface area contributed by atoms with Gasteiger partial charge in [0.05, 0.1) is 0 Å². The number of halogens is 1. The summed E-state index contributed by atoms with van der Waals surface area (Å²) in [6, 6.07) is 0. The highest BCUT2D eigenvalue weighted by Crippen LogP contribution is 2.26. The van der Waals surface area contributed by atoms with Crippen molar-refractivity contribution in [1.29, 1.82) is 0 Å². The summed E-state index contributed by atoms with van der Waals surface area (Å²) < 4.78 is 0. The highest BCUT2D eigenvalue weighted by Gasteiger charge is 2.23. The molecule has 5 heteroatoms. The van der Waals surface area contributed by atoms with Gasteiger partial charge in [0.2, 0.25) is 5.13 Å². The highest BCUT2D eigenvalue weighted by molar-refractivity contribution is 9.09. The van der Waals surface area contributed by atoms with Gasteiger partial charge in [0.15, 0.2) is 0 Å². The van der Waals surface area contributed by atoms with Gasteiger partial charge >= 0.3 is 0 Å². The number of alkyl halides is 1. The van der Waals surface area contributed by atoms with E-state index in [1.807, 2.05) is 0 Å². The van der Waals surface area contributed by atoms with Crippen LogP contribution in [0.4, 0.5) is 5.13 Å². The van der Waals surface area contributed by atoms with Gasteiger partial charge in [-0.2, -0.15) is 0 Å². The second-order valence-corrected chi connectivity index (χ2v) is 4.90. The molecule has 0 aromatic carbocycles. The van der Waals surface area contributed by atoms with Crippen LogP contribution >= 0.6 is 27.3 Å². The van der Waals surface area contributed by atoms with E-state index in [9.17, 15) is 0 Å². The maximum absolute atomic E-state index is 4.08. The molecule has 1 aliphatic heterocycles. The number of hydrogen-bond donors (Lipinski definition) is 0. The lowest BCUT2D eigenvalue weighted by molar-refractivity contribution is 0.575. The summed E-state index contributed by atoms with van der Waals surface area (Å²) in [6.07, 6.45) is 2.57. The fourth-order valence-electron chi connectivity index (χ4n) is 1.70. The summed E-state index contributed by atoms with van der Waals surface area (Å²) in [5.74, 6) is 0.836. The standard InChI is InChI=1S/C8H12BrN3S/c9-3-1-7-2-4-12(5-7)8-11-10-6-13-8/h6-7H,1-5H2. The maximum atomic E-state index is 4.08. The number of aromatic nitrogens is 2. The topological polar surface area (TPSA) is 29.0 Å². The summed E-state index contributed by atoms with van der Waals surface area (Å²) in [5, 5.41) is 10.1. The summed E-state index contributed by atoms with van der Waals surface area (Å²) in [5.41, 5.74) is 1.80. The molecule has 0 bridgehead atoms. The third kappa shape index (κ3) is 2.20. The van der Waals surface area contributed by atoms with E-state index in [1.54, 1.807) is 16.8 Å². The first-order valence-electron chi connectivity index (χ1n) is 4.47. The van der Waals surface area contributed by atoms with E-state index in [-0.39, 0.29) is 0 Å². The Labute approximate surface area is 90.3 Å². The van der Waals surface area contributed by atoms with E-state index in [1.165, 1.54) is 12.8 Å². The van der Waals surface area contributed by atoms with Crippen LogP contribution < -0.4 is 4.90 Å². The summed E-state index contributed by atoms with van der Waals surface area (Å²) in [6.45, 7) is 2.30. The SMILES string of the molecule is BrCCC1CCN(c2nncs2)C1. The third-order valence-corrected chi connectivity index (χ3v) is 3.63. The fourth-order valence-corrected chi connectivity index (χ4v) is 2.95. The number of rotatable bonds is 3. The molecule has 1 atom stereocenters. The van der Waals surface area contributed by atoms with Gasteiger partial charge in [-0.25, -0.2) is 0 Å². The zero-order valence-electron chi connectivity index (χ0n) is 7.32. The molecule has 72 valence electrons. The van der Waals surface area contributed by atoms with Gasteiger partial charge in [-0.1, -0.05) is 27.3 Å². The Morgan fingerprint density at radius 1 is 1.69 bits per heavy atom. The van der Waals surface area contributed by atoms with Crippen molar-refractivity contribution < 1.29 is 0 Å². The number of nitrogens with zero attached hydrogens (tertiary/aromatic N) is 3. The lowest BCUT2D eigenvalue weighted by atomic mass is 10.1. The first-order valence-corrected chi connectivity index (χ1v) is 6.47. The first kappa shape index (κ1) is 9.40. The van der Waals surface area contributed by atoms with E-state index in [0.717, 1.165) is 29.5 Å². The molecule has 1 fully saturated rings. The van der Waals surface area contributed by atoms with Crippen LogP contribution in [0.5, 0.6) is 0 Å². The predicted molar refractivity (Wildman–Crippen MR) is 58.6 cm³/mol. The molecule has 0 aliphatic carbocycles. The average molecular weight is 262 g/mol. The van der Waals surface area contributed by atoms with Crippen molar-refractivity contribution in [2.45, 2.75) is 12.8 Å². The van der Waals surface area contributed by atoms with E-state index in [0.29, 0.717) is 0 Å². The van der Waals surface area contributed by atoms with Gasteiger partial charge in [0.25, 0.3) is 0 Å². The number of anilines is 1. The molecule has 3 nitrogen and oxygen atoms in total. The van der Waals surface area contributed by atoms with Crippen molar-refractivity contribution in [3.05, 3.63) is 5.51 Å². The minimum atomic E-state index is 0.836. The zero-order chi connectivity index (χ0) is 9.10. The number of hydrogen-bond acceptors (Lipinski definition) is 4. The van der Waals surface area contributed by atoms with Crippen LogP contribution in [-0.2, 0) is 0 Å². The first-order chi connectivity index (χ1) is 6.40. The van der Waals surface area contributed by atoms with Gasteiger partial charge in [-0.05, 0) is 18.8 Å². The van der Waals surface area contributed by atoms with Gasteiger partial charge in [-0.3, -0.25) is 0 Å². The lowest BCUT2D eigenvalue weighted by Gasteiger charge is -2.13. The molecule has 13 heavy (non-hydrogen) atoms. The Morgan fingerprint density at radius 3 is 3.31 bits per heavy atom. The smallest absolute Gasteiger partial charge is 0.208 e. The average Bonchev–Trinajstić information content (AvgIpc) is 2.70. The molecule has 0 spiro atoms. The molecule has 2 heterocycles. The summed E-state index contributed by atoms with van der Waals surface area (Å²) >= 11 is 5.12. The van der Waals surface area contributed by atoms with Crippen molar-refractivity contribution >= 4 is 32.4 Å². The second kappa shape index (κ2) is 4.37. The van der Waals surface area contributed by atoms with Crippen molar-refractivity contribution in [3.8, 4) is 0 Å². The highest BCUT2D eigenvalue weighted by atomic mass is 79.9. The van der Waals surface area contributed by atoms with Crippen LogP contribution in [-0.4, -0.2) is 28.6 Å². The largest absolute Gasteiger partial charge is 0.346 e. The molecule has 0 N–H and O–H groups in total. The molecule has 1 aliphatic rings. The molecule has 0 amide bonds. The van der Waals surface area contributed by atoms with E-state index in [2.05, 4.69) is 31.0 Å².